The van der Waals surface area contributed by atoms with Crippen LogP contribution in [0, 0.1) is 0 Å². The fourth-order valence-corrected chi connectivity index (χ4v) is 11.9. The van der Waals surface area contributed by atoms with E-state index in [-0.39, 0.29) is 29.5 Å². The van der Waals surface area contributed by atoms with Gasteiger partial charge in [-0.3, -0.25) is 0 Å². The Labute approximate surface area is 268 Å². The maximum Gasteiger partial charge on any atom is 0.126 e. The third-order valence-electron chi connectivity index (χ3n) is 9.51. The molecule has 3 nitrogen and oxygen atoms in total. The van der Waals surface area contributed by atoms with Crippen molar-refractivity contribution in [2.45, 2.75) is 159 Å². The fourth-order valence-electron chi connectivity index (χ4n) is 7.12. The highest BCUT2D eigenvalue weighted by molar-refractivity contribution is 7.84. The van der Waals surface area contributed by atoms with E-state index in [9.17, 15) is 4.21 Å². The zero-order valence-electron chi connectivity index (χ0n) is 28.9. The minimum absolute atomic E-state index is 0.106. The number of rotatable bonds is 8. The first-order valence-electron chi connectivity index (χ1n) is 16.9. The van der Waals surface area contributed by atoms with E-state index in [4.69, 9.17) is 4.74 Å². The molecule has 4 rings (SSSR count). The molecule has 0 amide bonds. The monoisotopic (exact) mass is 625 g/mol. The summed E-state index contributed by atoms with van der Waals surface area (Å²) in [5.41, 5.74) is 6.35. The molecule has 0 aromatic heterocycles. The van der Waals surface area contributed by atoms with Gasteiger partial charge in [0.15, 0.2) is 0 Å². The van der Waals surface area contributed by atoms with E-state index in [2.05, 4.69) is 103 Å². The summed E-state index contributed by atoms with van der Waals surface area (Å²) < 4.78 is 23.5. The molecule has 0 heterocycles. The van der Waals surface area contributed by atoms with Crippen LogP contribution in [0.2, 0.25) is 0 Å². The van der Waals surface area contributed by atoms with Gasteiger partial charge in [0.05, 0.1) is 28.9 Å². The first kappa shape index (κ1) is 34.6. The van der Waals surface area contributed by atoms with Gasteiger partial charge in [0.25, 0.3) is 0 Å². The average Bonchev–Trinajstić information content (AvgIpc) is 2.95. The van der Waals surface area contributed by atoms with Crippen LogP contribution in [0.25, 0.3) is 0 Å². The number of hydrogen-bond donors (Lipinski definition) is 1. The maximum atomic E-state index is 14.0. The summed E-state index contributed by atoms with van der Waals surface area (Å²) in [5.74, 6) is 0.986. The lowest BCUT2D eigenvalue weighted by Crippen LogP contribution is -2.38. The van der Waals surface area contributed by atoms with E-state index in [0.717, 1.165) is 17.1 Å². The van der Waals surface area contributed by atoms with Gasteiger partial charge < -0.3 is 4.74 Å². The van der Waals surface area contributed by atoms with Gasteiger partial charge in [-0.1, -0.05) is 112 Å². The van der Waals surface area contributed by atoms with Crippen LogP contribution in [0.5, 0.6) is 5.75 Å². The smallest absolute Gasteiger partial charge is 0.126 e. The SMILES string of the molecule is COc1c(C(C)(C)C)cc(C(NS(=O)C(C)(C)C)c2ccccc2P(C2CCCCC2)C2CCCCC2)cc1C(C)(C)C. The highest BCUT2D eigenvalue weighted by Gasteiger charge is 2.37. The molecule has 5 heteroatoms. The van der Waals surface area contributed by atoms with Crippen molar-refractivity contribution in [3.63, 3.8) is 0 Å². The first-order valence-corrected chi connectivity index (χ1v) is 19.5. The van der Waals surface area contributed by atoms with E-state index in [0.29, 0.717) is 0 Å². The van der Waals surface area contributed by atoms with Crippen molar-refractivity contribution < 1.29 is 8.95 Å². The van der Waals surface area contributed by atoms with Crippen LogP contribution < -0.4 is 14.8 Å². The minimum atomic E-state index is -1.24. The van der Waals surface area contributed by atoms with Crippen LogP contribution in [0.4, 0.5) is 0 Å². The lowest BCUT2D eigenvalue weighted by molar-refractivity contribution is 0.381. The molecule has 0 bridgehead atoms. The number of benzene rings is 2. The van der Waals surface area contributed by atoms with Crippen molar-refractivity contribution in [2.75, 3.05) is 7.11 Å². The topological polar surface area (TPSA) is 38.3 Å². The van der Waals surface area contributed by atoms with Crippen LogP contribution in [-0.2, 0) is 21.8 Å². The molecular weight excluding hydrogens is 565 g/mol. The Morgan fingerprint density at radius 1 is 0.767 bits per heavy atom. The predicted molar refractivity (Wildman–Crippen MR) is 190 cm³/mol. The van der Waals surface area contributed by atoms with Crippen LogP contribution in [0.1, 0.15) is 155 Å². The van der Waals surface area contributed by atoms with Gasteiger partial charge in [0.1, 0.15) is 5.75 Å². The Bertz CT molecular complexity index is 1190. The summed E-state index contributed by atoms with van der Waals surface area (Å²) in [6.45, 7) is 19.9. The second-order valence-corrected chi connectivity index (χ2v) is 20.9. The molecule has 43 heavy (non-hydrogen) atoms. The Hall–Kier alpha value is -1.22. The standard InChI is InChI=1S/C38H60NO2PS/c1-36(2,3)31-25-27(26-32(35(31)41-10)37(4,5)6)34(39-43(40)38(7,8)9)30-23-17-18-24-33(30)42(28-19-13-11-14-20-28)29-21-15-12-16-22-29/h17-18,23-26,28-29,34,39H,11-16,19-22H2,1-10H3. The summed E-state index contributed by atoms with van der Waals surface area (Å²) >= 11 is 0. The molecule has 0 aliphatic heterocycles. The molecule has 2 aliphatic carbocycles. The molecule has 0 spiro atoms. The number of nitrogens with one attached hydrogen (secondary N) is 1. The largest absolute Gasteiger partial charge is 0.496 e. The third-order valence-corrected chi connectivity index (χ3v) is 14.6. The summed E-state index contributed by atoms with van der Waals surface area (Å²) in [5, 5.41) is 1.56. The van der Waals surface area contributed by atoms with Crippen molar-refractivity contribution in [1.82, 2.24) is 4.72 Å². The molecule has 1 N–H and O–H groups in total. The Balaban J connectivity index is 1.97. The number of ether oxygens (including phenoxy) is 1. The summed E-state index contributed by atoms with van der Waals surface area (Å²) in [6.07, 6.45) is 13.7. The molecule has 2 aromatic rings. The normalized spacial score (nSPS) is 19.4. The molecule has 240 valence electrons. The predicted octanol–water partition coefficient (Wildman–Crippen LogP) is 10.2. The Morgan fingerprint density at radius 3 is 1.65 bits per heavy atom. The zero-order chi connectivity index (χ0) is 31.6. The van der Waals surface area contributed by atoms with E-state index in [1.165, 1.54) is 86.5 Å². The van der Waals surface area contributed by atoms with E-state index >= 15 is 0 Å². The molecule has 0 radical (unpaired) electrons. The van der Waals surface area contributed by atoms with Crippen molar-refractivity contribution >= 4 is 24.2 Å². The van der Waals surface area contributed by atoms with Crippen LogP contribution in [0.15, 0.2) is 36.4 Å². The number of methoxy groups -OCH3 is 1. The fraction of sp³-hybridized carbons (Fsp3) is 0.684. The van der Waals surface area contributed by atoms with Crippen molar-refractivity contribution in [2.24, 2.45) is 0 Å². The summed E-state index contributed by atoms with van der Waals surface area (Å²) in [4.78, 5) is 0. The second kappa shape index (κ2) is 14.0. The third kappa shape index (κ3) is 8.33. The molecule has 2 aliphatic rings. The molecule has 2 aromatic carbocycles. The van der Waals surface area contributed by atoms with Crippen LogP contribution >= 0.6 is 7.92 Å². The van der Waals surface area contributed by atoms with Gasteiger partial charge in [-0.25, -0.2) is 8.93 Å². The molecule has 2 unspecified atom stereocenters. The first-order chi connectivity index (χ1) is 20.1. The van der Waals surface area contributed by atoms with Gasteiger partial charge in [0.2, 0.25) is 0 Å². The molecule has 2 atom stereocenters. The average molecular weight is 626 g/mol. The van der Waals surface area contributed by atoms with E-state index in [1.807, 2.05) is 0 Å². The molecular formula is C38H60NO2PS. The zero-order valence-corrected chi connectivity index (χ0v) is 30.7. The highest BCUT2D eigenvalue weighted by Crippen LogP contribution is 2.56. The van der Waals surface area contributed by atoms with Crippen molar-refractivity contribution in [1.29, 1.82) is 0 Å². The van der Waals surface area contributed by atoms with Gasteiger partial charge in [0, 0.05) is 11.1 Å². The minimum Gasteiger partial charge on any atom is -0.496 e. The van der Waals surface area contributed by atoms with Gasteiger partial charge in [-0.2, -0.15) is 0 Å². The lowest BCUT2D eigenvalue weighted by atomic mass is 9.77. The Morgan fingerprint density at radius 2 is 1.23 bits per heavy atom. The van der Waals surface area contributed by atoms with Crippen LogP contribution in [-0.4, -0.2) is 27.4 Å². The molecule has 2 saturated carbocycles. The lowest BCUT2D eigenvalue weighted by Gasteiger charge is -2.40. The summed E-state index contributed by atoms with van der Waals surface area (Å²) in [6, 6.07) is 13.8. The molecule has 2 fully saturated rings. The van der Waals surface area contributed by atoms with Gasteiger partial charge in [-0.05, 0) is 97.2 Å². The summed E-state index contributed by atoms with van der Waals surface area (Å²) in [7, 11) is 0.248. The van der Waals surface area contributed by atoms with Gasteiger partial charge >= 0.3 is 0 Å². The van der Waals surface area contributed by atoms with E-state index in [1.54, 1.807) is 12.4 Å². The Kier molecular flexibility index (Phi) is 11.3. The maximum absolute atomic E-state index is 14.0. The quantitative estimate of drug-likeness (QED) is 0.297. The molecule has 0 saturated heterocycles. The number of hydrogen-bond acceptors (Lipinski definition) is 2. The van der Waals surface area contributed by atoms with Crippen molar-refractivity contribution in [3.05, 3.63) is 58.7 Å². The van der Waals surface area contributed by atoms with Crippen LogP contribution in [0.3, 0.4) is 0 Å². The highest BCUT2D eigenvalue weighted by atomic mass is 32.2. The van der Waals surface area contributed by atoms with Gasteiger partial charge in [-0.15, -0.1) is 0 Å². The van der Waals surface area contributed by atoms with Crippen molar-refractivity contribution in [3.8, 4) is 5.75 Å². The van der Waals surface area contributed by atoms with E-state index < -0.39 is 11.0 Å². The second-order valence-electron chi connectivity index (χ2n) is 16.1.